The van der Waals surface area contributed by atoms with Crippen LogP contribution in [0.15, 0.2) is 44.8 Å². The molecule has 0 aromatic carbocycles. The van der Waals surface area contributed by atoms with Crippen LogP contribution in [-0.2, 0) is 0 Å². The number of thiophene rings is 3. The van der Waals surface area contributed by atoms with Crippen molar-refractivity contribution < 1.29 is 0 Å². The Bertz CT molecular complexity index is 758. The molecule has 0 unspecified atom stereocenters. The van der Waals surface area contributed by atoms with Crippen LogP contribution in [0.1, 0.15) is 0 Å². The minimum atomic E-state index is 1.05. The zero-order valence-electron chi connectivity index (χ0n) is 10.5. The van der Waals surface area contributed by atoms with Gasteiger partial charge in [-0.2, -0.15) is 5.26 Å². The monoisotopic (exact) mass is 351 g/mol. The average Bonchev–Trinajstić information content (AvgIpc) is 3.18. The third kappa shape index (κ3) is 2.97. The van der Waals surface area contributed by atoms with Crippen molar-refractivity contribution in [1.29, 1.82) is 5.26 Å². The first-order chi connectivity index (χ1) is 9.80. The summed E-state index contributed by atoms with van der Waals surface area (Å²) < 4.78 is 2.40. The topological polar surface area (TPSA) is 23.8 Å². The van der Waals surface area contributed by atoms with Crippen LogP contribution in [0.4, 0.5) is 0 Å². The van der Waals surface area contributed by atoms with Crippen LogP contribution >= 0.6 is 57.5 Å². The highest BCUT2D eigenvalue weighted by Crippen LogP contribution is 2.42. The number of nitrogens with zero attached hydrogens (tertiary/aromatic N) is 1. The maximum absolute atomic E-state index is 8.70. The predicted molar refractivity (Wildman–Crippen MR) is 94.2 cm³/mol. The van der Waals surface area contributed by atoms with Crippen LogP contribution in [0.2, 0.25) is 0 Å². The Morgan fingerprint density at radius 2 is 1.30 bits per heavy atom. The van der Waals surface area contributed by atoms with Crippen molar-refractivity contribution in [1.82, 2.24) is 0 Å². The van der Waals surface area contributed by atoms with Gasteiger partial charge in [0.2, 0.25) is 0 Å². The molecule has 0 aliphatic heterocycles. The first kappa shape index (κ1) is 14.2. The standard InChI is InChI=1S/C14H9NS5/c1-16-13-6-4-11(19-13)9-2-3-10(18-9)12-5-7-14(20-12)17-8-15/h2-7H,1H3. The van der Waals surface area contributed by atoms with E-state index in [1.165, 1.54) is 35.5 Å². The van der Waals surface area contributed by atoms with Crippen molar-refractivity contribution in [2.24, 2.45) is 0 Å². The molecule has 1 nitrogen and oxygen atoms in total. The average molecular weight is 352 g/mol. The Balaban J connectivity index is 1.87. The molecule has 0 amide bonds. The Hall–Kier alpha value is -0.710. The Kier molecular flexibility index (Phi) is 4.54. The third-order valence-corrected chi connectivity index (χ3v) is 8.06. The Morgan fingerprint density at radius 3 is 1.85 bits per heavy atom. The summed E-state index contributed by atoms with van der Waals surface area (Å²) in [5.41, 5.74) is 0. The minimum absolute atomic E-state index is 1.05. The van der Waals surface area contributed by atoms with Crippen LogP contribution in [0.3, 0.4) is 0 Å². The van der Waals surface area contributed by atoms with Gasteiger partial charge in [0.1, 0.15) is 5.40 Å². The van der Waals surface area contributed by atoms with Gasteiger partial charge in [-0.3, -0.25) is 0 Å². The minimum Gasteiger partial charge on any atom is -0.185 e. The summed E-state index contributed by atoms with van der Waals surface area (Å²) in [5, 5.41) is 10.8. The molecule has 0 saturated heterocycles. The highest BCUT2D eigenvalue weighted by molar-refractivity contribution is 8.05. The smallest absolute Gasteiger partial charge is 0.139 e. The molecule has 0 N–H and O–H groups in total. The number of thioether (sulfide) groups is 2. The van der Waals surface area contributed by atoms with Crippen molar-refractivity contribution in [3.8, 4) is 24.9 Å². The van der Waals surface area contributed by atoms with Gasteiger partial charge >= 0.3 is 0 Å². The van der Waals surface area contributed by atoms with Gasteiger partial charge in [0.15, 0.2) is 0 Å². The molecule has 0 aliphatic rings. The van der Waals surface area contributed by atoms with Gasteiger partial charge in [0.05, 0.1) is 8.42 Å². The maximum Gasteiger partial charge on any atom is 0.139 e. The molecule has 0 spiro atoms. The van der Waals surface area contributed by atoms with Crippen LogP contribution in [0.5, 0.6) is 0 Å². The summed E-state index contributed by atoms with van der Waals surface area (Å²) in [6, 6.07) is 12.8. The van der Waals surface area contributed by atoms with E-state index in [1.807, 2.05) is 28.7 Å². The van der Waals surface area contributed by atoms with E-state index < -0.39 is 0 Å². The second-order valence-electron chi connectivity index (χ2n) is 3.80. The summed E-state index contributed by atoms with van der Waals surface area (Å²) in [6.45, 7) is 0. The third-order valence-electron chi connectivity index (χ3n) is 2.60. The molecule has 3 heterocycles. The molecule has 3 aromatic rings. The van der Waals surface area contributed by atoms with Crippen LogP contribution in [-0.4, -0.2) is 6.26 Å². The van der Waals surface area contributed by atoms with E-state index in [9.17, 15) is 0 Å². The maximum atomic E-state index is 8.70. The Labute approximate surface area is 138 Å². The lowest BCUT2D eigenvalue weighted by molar-refractivity contribution is 1.56. The molecule has 6 heteroatoms. The van der Waals surface area contributed by atoms with Crippen molar-refractivity contribution >= 4 is 57.5 Å². The number of hydrogen-bond donors (Lipinski definition) is 0. The van der Waals surface area contributed by atoms with E-state index in [0.29, 0.717) is 0 Å². The highest BCUT2D eigenvalue weighted by atomic mass is 32.2. The first-order valence-corrected chi connectivity index (χ1v) is 10.2. The van der Waals surface area contributed by atoms with Gasteiger partial charge < -0.3 is 0 Å². The summed E-state index contributed by atoms with van der Waals surface area (Å²) in [7, 11) is 0. The van der Waals surface area contributed by atoms with Crippen molar-refractivity contribution in [2.45, 2.75) is 8.42 Å². The molecule has 20 heavy (non-hydrogen) atoms. The van der Waals surface area contributed by atoms with Gasteiger partial charge in [-0.05, 0) is 42.7 Å². The lowest BCUT2D eigenvalue weighted by Crippen LogP contribution is -1.57. The molecule has 0 aliphatic carbocycles. The summed E-state index contributed by atoms with van der Waals surface area (Å²) in [6.07, 6.45) is 2.11. The number of nitriles is 1. The normalized spacial score (nSPS) is 10.6. The number of rotatable bonds is 4. The van der Waals surface area contributed by atoms with E-state index in [2.05, 4.69) is 42.0 Å². The largest absolute Gasteiger partial charge is 0.185 e. The van der Waals surface area contributed by atoms with Crippen molar-refractivity contribution in [2.75, 3.05) is 6.26 Å². The summed E-state index contributed by atoms with van der Waals surface area (Å²) >= 11 is 8.35. The molecule has 3 aromatic heterocycles. The van der Waals surface area contributed by atoms with Gasteiger partial charge in [0, 0.05) is 31.3 Å². The zero-order chi connectivity index (χ0) is 13.9. The van der Waals surface area contributed by atoms with E-state index in [-0.39, 0.29) is 0 Å². The highest BCUT2D eigenvalue weighted by Gasteiger charge is 2.09. The first-order valence-electron chi connectivity index (χ1n) is 5.70. The molecule has 0 atom stereocenters. The second-order valence-corrected chi connectivity index (χ2v) is 9.24. The molecule has 0 saturated carbocycles. The fraction of sp³-hybridized carbons (Fsp3) is 0.0714. The van der Waals surface area contributed by atoms with Crippen LogP contribution < -0.4 is 0 Å². The van der Waals surface area contributed by atoms with Gasteiger partial charge in [-0.25, -0.2) is 0 Å². The molecular weight excluding hydrogens is 342 g/mol. The predicted octanol–water partition coefficient (Wildman–Crippen LogP) is 6.50. The Morgan fingerprint density at radius 1 is 0.800 bits per heavy atom. The molecule has 0 bridgehead atoms. The van der Waals surface area contributed by atoms with E-state index in [4.69, 9.17) is 5.26 Å². The fourth-order valence-corrected chi connectivity index (χ4v) is 5.96. The van der Waals surface area contributed by atoms with Crippen LogP contribution in [0, 0.1) is 10.7 Å². The van der Waals surface area contributed by atoms with Gasteiger partial charge in [-0.1, -0.05) is 0 Å². The molecule has 0 fully saturated rings. The van der Waals surface area contributed by atoms with Crippen molar-refractivity contribution in [3.63, 3.8) is 0 Å². The lowest BCUT2D eigenvalue weighted by Gasteiger charge is -1.91. The SMILES string of the molecule is CSc1ccc(-c2ccc(-c3ccc(SC#N)s3)s2)s1. The lowest BCUT2D eigenvalue weighted by atomic mass is 10.3. The zero-order valence-corrected chi connectivity index (χ0v) is 14.5. The molecule has 0 radical (unpaired) electrons. The second kappa shape index (κ2) is 6.37. The van der Waals surface area contributed by atoms with Gasteiger partial charge in [0.25, 0.3) is 0 Å². The molecule has 100 valence electrons. The van der Waals surface area contributed by atoms with E-state index in [0.717, 1.165) is 4.21 Å². The van der Waals surface area contributed by atoms with Crippen molar-refractivity contribution in [3.05, 3.63) is 36.4 Å². The van der Waals surface area contributed by atoms with Crippen LogP contribution in [0.25, 0.3) is 19.5 Å². The van der Waals surface area contributed by atoms with Gasteiger partial charge in [-0.15, -0.1) is 45.8 Å². The number of hydrogen-bond acceptors (Lipinski definition) is 6. The summed E-state index contributed by atoms with van der Waals surface area (Å²) in [4.78, 5) is 5.15. The van der Waals surface area contributed by atoms with E-state index in [1.54, 1.807) is 23.1 Å². The van der Waals surface area contributed by atoms with E-state index >= 15 is 0 Å². The molecular formula is C14H9NS5. The summed E-state index contributed by atoms with van der Waals surface area (Å²) in [5.74, 6) is 0. The molecule has 3 rings (SSSR count). The fourth-order valence-electron chi connectivity index (χ4n) is 1.72. The quantitative estimate of drug-likeness (QED) is 0.396. The number of thiocyanates is 1.